The third-order valence-electron chi connectivity index (χ3n) is 5.63. The molecule has 6 nitrogen and oxygen atoms in total. The normalized spacial score (nSPS) is 13.6. The maximum atomic E-state index is 13.0. The van der Waals surface area contributed by atoms with Crippen molar-refractivity contribution in [3.8, 4) is 17.4 Å². The van der Waals surface area contributed by atoms with E-state index in [0.29, 0.717) is 17.0 Å². The van der Waals surface area contributed by atoms with Crippen LogP contribution in [0.25, 0.3) is 17.4 Å². The second kappa shape index (κ2) is 10.4. The number of hydrogen-bond acceptors (Lipinski definition) is 6. The molecule has 1 aliphatic carbocycles. The first-order chi connectivity index (χ1) is 17.2. The van der Waals surface area contributed by atoms with Gasteiger partial charge >= 0.3 is 12.1 Å². The molecule has 4 rings (SSSR count). The van der Waals surface area contributed by atoms with Gasteiger partial charge in [0.1, 0.15) is 28.2 Å². The Kier molecular flexibility index (Phi) is 7.31. The number of nitriles is 1. The fourth-order valence-corrected chi connectivity index (χ4v) is 5.24. The van der Waals surface area contributed by atoms with Gasteiger partial charge in [0, 0.05) is 16.5 Å². The molecule has 0 unspecified atom stereocenters. The van der Waals surface area contributed by atoms with Crippen LogP contribution in [0.5, 0.6) is 0 Å². The number of hydrogen-bond donors (Lipinski definition) is 1. The van der Waals surface area contributed by atoms with Gasteiger partial charge < -0.3 is 14.5 Å². The van der Waals surface area contributed by atoms with E-state index < -0.39 is 23.6 Å². The molecule has 1 aliphatic rings. The molecule has 0 saturated heterocycles. The van der Waals surface area contributed by atoms with Crippen molar-refractivity contribution in [2.45, 2.75) is 38.8 Å². The third-order valence-corrected chi connectivity index (χ3v) is 6.84. The van der Waals surface area contributed by atoms with Crippen molar-refractivity contribution in [2.75, 3.05) is 11.9 Å². The Morgan fingerprint density at radius 1 is 1.22 bits per heavy atom. The number of benzene rings is 1. The Balaban J connectivity index is 1.59. The van der Waals surface area contributed by atoms with E-state index in [1.165, 1.54) is 41.7 Å². The highest BCUT2D eigenvalue weighted by atomic mass is 32.1. The molecule has 2 heterocycles. The first-order valence-electron chi connectivity index (χ1n) is 11.2. The minimum Gasteiger partial charge on any atom is -0.462 e. The average Bonchev–Trinajstić information content (AvgIpc) is 3.46. The molecule has 1 aromatic carbocycles. The zero-order chi connectivity index (χ0) is 25.9. The number of alkyl halides is 3. The minimum atomic E-state index is -4.50. The standard InChI is InChI=1S/C26H21F3N2O4S/c1-2-34-25(33)22-19-8-3-4-9-21(19)36-24(22)31-23(32)16(14-30)13-18-10-11-20(35-18)15-6-5-7-17(12-15)26(27,28)29/h5-7,10-13H,2-4,8-9H2,1H3,(H,31,32)/b16-13+. The van der Waals surface area contributed by atoms with Crippen LogP contribution < -0.4 is 5.32 Å². The Morgan fingerprint density at radius 2 is 2.00 bits per heavy atom. The number of aryl methyl sites for hydroxylation is 1. The number of fused-ring (bicyclic) bond motifs is 1. The number of thiophene rings is 1. The monoisotopic (exact) mass is 514 g/mol. The quantitative estimate of drug-likeness (QED) is 0.227. The number of furan rings is 1. The number of rotatable bonds is 6. The van der Waals surface area contributed by atoms with Crippen LogP contribution in [0.4, 0.5) is 18.2 Å². The molecule has 36 heavy (non-hydrogen) atoms. The van der Waals surface area contributed by atoms with Crippen LogP contribution in [0.2, 0.25) is 0 Å². The maximum Gasteiger partial charge on any atom is 0.416 e. The summed E-state index contributed by atoms with van der Waals surface area (Å²) in [5.74, 6) is -0.990. The maximum absolute atomic E-state index is 13.0. The summed E-state index contributed by atoms with van der Waals surface area (Å²) in [6.45, 7) is 1.88. The van der Waals surface area contributed by atoms with E-state index >= 15 is 0 Å². The zero-order valence-electron chi connectivity index (χ0n) is 19.2. The van der Waals surface area contributed by atoms with Crippen molar-refractivity contribution in [3.63, 3.8) is 0 Å². The molecule has 186 valence electrons. The van der Waals surface area contributed by atoms with Gasteiger partial charge in [0.05, 0.1) is 17.7 Å². The SMILES string of the molecule is CCOC(=O)c1c(NC(=O)/C(C#N)=C/c2ccc(-c3cccc(C(F)(F)F)c3)o2)sc2c1CCCC2. The molecule has 0 spiro atoms. The van der Waals surface area contributed by atoms with Gasteiger partial charge in [0.15, 0.2) is 0 Å². The molecule has 3 aromatic rings. The van der Waals surface area contributed by atoms with Gasteiger partial charge in [-0.15, -0.1) is 11.3 Å². The van der Waals surface area contributed by atoms with Crippen LogP contribution in [-0.4, -0.2) is 18.5 Å². The number of esters is 1. The van der Waals surface area contributed by atoms with Crippen molar-refractivity contribution in [2.24, 2.45) is 0 Å². The number of nitrogens with one attached hydrogen (secondary N) is 1. The van der Waals surface area contributed by atoms with Gasteiger partial charge in [-0.1, -0.05) is 12.1 Å². The van der Waals surface area contributed by atoms with E-state index in [0.717, 1.165) is 41.8 Å². The Hall–Kier alpha value is -3.84. The van der Waals surface area contributed by atoms with Crippen LogP contribution in [0.1, 0.15) is 51.9 Å². The molecular formula is C26H21F3N2O4S. The summed E-state index contributed by atoms with van der Waals surface area (Å²) in [6.07, 6.45) is 0.124. The van der Waals surface area contributed by atoms with Gasteiger partial charge in [0.25, 0.3) is 5.91 Å². The second-order valence-electron chi connectivity index (χ2n) is 8.04. The lowest BCUT2D eigenvalue weighted by Crippen LogP contribution is -2.16. The van der Waals surface area contributed by atoms with Gasteiger partial charge in [-0.3, -0.25) is 4.79 Å². The molecule has 0 saturated carbocycles. The zero-order valence-corrected chi connectivity index (χ0v) is 20.0. The van der Waals surface area contributed by atoms with E-state index in [1.54, 1.807) is 6.92 Å². The van der Waals surface area contributed by atoms with Gasteiger partial charge in [0.2, 0.25) is 0 Å². The molecule has 0 aliphatic heterocycles. The van der Waals surface area contributed by atoms with E-state index in [4.69, 9.17) is 9.15 Å². The number of nitrogens with zero attached hydrogens (tertiary/aromatic N) is 1. The topological polar surface area (TPSA) is 92.3 Å². The molecular weight excluding hydrogens is 493 g/mol. The van der Waals surface area contributed by atoms with Crippen LogP contribution in [0.3, 0.4) is 0 Å². The first-order valence-corrected chi connectivity index (χ1v) is 12.0. The summed E-state index contributed by atoms with van der Waals surface area (Å²) >= 11 is 1.30. The van der Waals surface area contributed by atoms with E-state index in [9.17, 15) is 28.0 Å². The van der Waals surface area contributed by atoms with Gasteiger partial charge in [-0.05, 0) is 62.4 Å². The first kappa shape index (κ1) is 25.3. The van der Waals surface area contributed by atoms with Crippen molar-refractivity contribution < 1.29 is 31.9 Å². The molecule has 10 heteroatoms. The van der Waals surface area contributed by atoms with Gasteiger partial charge in [-0.25, -0.2) is 4.79 Å². The molecule has 0 fully saturated rings. The van der Waals surface area contributed by atoms with E-state index in [2.05, 4.69) is 5.32 Å². The summed E-state index contributed by atoms with van der Waals surface area (Å²) in [5.41, 5.74) is 0.296. The van der Waals surface area contributed by atoms with Crippen molar-refractivity contribution in [1.29, 1.82) is 5.26 Å². The lowest BCUT2D eigenvalue weighted by molar-refractivity contribution is -0.137. The lowest BCUT2D eigenvalue weighted by atomic mass is 9.95. The fraction of sp³-hybridized carbons (Fsp3) is 0.269. The van der Waals surface area contributed by atoms with Crippen molar-refractivity contribution in [1.82, 2.24) is 0 Å². The third kappa shape index (κ3) is 5.36. The number of amides is 1. The highest BCUT2D eigenvalue weighted by molar-refractivity contribution is 7.17. The summed E-state index contributed by atoms with van der Waals surface area (Å²) in [7, 11) is 0. The second-order valence-corrected chi connectivity index (χ2v) is 9.15. The van der Waals surface area contributed by atoms with Crippen LogP contribution >= 0.6 is 11.3 Å². The van der Waals surface area contributed by atoms with Crippen LogP contribution in [-0.2, 0) is 28.5 Å². The minimum absolute atomic E-state index is 0.116. The van der Waals surface area contributed by atoms with E-state index in [1.807, 2.05) is 6.07 Å². The largest absolute Gasteiger partial charge is 0.462 e. The van der Waals surface area contributed by atoms with Crippen LogP contribution in [0.15, 0.2) is 46.4 Å². The molecule has 1 amide bonds. The smallest absolute Gasteiger partial charge is 0.416 e. The molecule has 0 atom stereocenters. The predicted molar refractivity (Wildman–Crippen MR) is 128 cm³/mol. The summed E-state index contributed by atoms with van der Waals surface area (Å²) in [5, 5.41) is 12.6. The molecule has 0 radical (unpaired) electrons. The number of halogens is 3. The Bertz CT molecular complexity index is 1380. The van der Waals surface area contributed by atoms with E-state index in [-0.39, 0.29) is 29.3 Å². The number of anilines is 1. The molecule has 1 N–H and O–H groups in total. The number of carbonyl (C=O) groups excluding carboxylic acids is 2. The highest BCUT2D eigenvalue weighted by Crippen LogP contribution is 2.39. The lowest BCUT2D eigenvalue weighted by Gasteiger charge is -2.12. The Morgan fingerprint density at radius 3 is 2.72 bits per heavy atom. The highest BCUT2D eigenvalue weighted by Gasteiger charge is 2.31. The fourth-order valence-electron chi connectivity index (χ4n) is 3.97. The van der Waals surface area contributed by atoms with Crippen molar-refractivity contribution >= 4 is 34.3 Å². The molecule has 2 aromatic heterocycles. The summed E-state index contributed by atoms with van der Waals surface area (Å²) in [6, 6.07) is 9.38. The van der Waals surface area contributed by atoms with Crippen molar-refractivity contribution in [3.05, 3.63) is 69.3 Å². The Labute approximate surface area is 209 Å². The predicted octanol–water partition coefficient (Wildman–Crippen LogP) is 6.63. The van der Waals surface area contributed by atoms with Crippen LogP contribution in [0, 0.1) is 11.3 Å². The van der Waals surface area contributed by atoms with Gasteiger partial charge in [-0.2, -0.15) is 18.4 Å². The average molecular weight is 515 g/mol. The number of carbonyl (C=O) groups is 2. The summed E-state index contributed by atoms with van der Waals surface area (Å²) in [4.78, 5) is 26.5. The molecule has 0 bridgehead atoms. The summed E-state index contributed by atoms with van der Waals surface area (Å²) < 4.78 is 49.8. The number of ether oxygens (including phenoxy) is 1.